The van der Waals surface area contributed by atoms with E-state index in [0.29, 0.717) is 12.3 Å². The van der Waals surface area contributed by atoms with Crippen molar-refractivity contribution in [3.05, 3.63) is 77.4 Å². The van der Waals surface area contributed by atoms with Gasteiger partial charge in [0.1, 0.15) is 0 Å². The van der Waals surface area contributed by atoms with Crippen LogP contribution >= 0.6 is 0 Å². The number of fused-ring (bicyclic) bond motifs is 1. The Bertz CT molecular complexity index is 929. The molecule has 3 aromatic rings. The molecule has 0 radical (unpaired) electrons. The average molecular weight is 360 g/mol. The SMILES string of the molecule is CCc1ccc2cc(C(C)CCCC(=O)Nc3ccccc3C)ccc2c1. The van der Waals surface area contributed by atoms with Crippen LogP contribution in [0.25, 0.3) is 10.8 Å². The molecule has 0 heterocycles. The van der Waals surface area contributed by atoms with Gasteiger partial charge in [0.05, 0.1) is 0 Å². The standard InChI is InChI=1S/C25H29NO/c1-4-20-12-13-23-17-21(14-15-22(23)16-20)18(2)9-7-11-25(27)26-24-10-6-5-8-19(24)3/h5-6,8,10,12-18H,4,7,9,11H2,1-3H3,(H,26,27). The van der Waals surface area contributed by atoms with E-state index in [1.54, 1.807) is 0 Å². The van der Waals surface area contributed by atoms with Gasteiger partial charge in [-0.05, 0) is 65.6 Å². The highest BCUT2D eigenvalue weighted by Crippen LogP contribution is 2.26. The normalized spacial score (nSPS) is 12.1. The van der Waals surface area contributed by atoms with Crippen molar-refractivity contribution in [1.82, 2.24) is 0 Å². The maximum absolute atomic E-state index is 12.2. The number of amides is 1. The monoisotopic (exact) mass is 359 g/mol. The highest BCUT2D eigenvalue weighted by Gasteiger charge is 2.09. The molecule has 0 saturated heterocycles. The second kappa shape index (κ2) is 8.85. The highest BCUT2D eigenvalue weighted by atomic mass is 16.1. The maximum atomic E-state index is 12.2. The molecule has 0 aliphatic heterocycles. The number of nitrogens with one attached hydrogen (secondary N) is 1. The first-order chi connectivity index (χ1) is 13.1. The fourth-order valence-electron chi connectivity index (χ4n) is 3.50. The van der Waals surface area contributed by atoms with Crippen LogP contribution in [0.3, 0.4) is 0 Å². The van der Waals surface area contributed by atoms with E-state index in [1.165, 1.54) is 21.9 Å². The number of benzene rings is 3. The van der Waals surface area contributed by atoms with E-state index in [0.717, 1.165) is 30.5 Å². The third-order valence-electron chi connectivity index (χ3n) is 5.37. The predicted octanol–water partition coefficient (Wildman–Crippen LogP) is 6.62. The maximum Gasteiger partial charge on any atom is 0.224 e. The minimum atomic E-state index is 0.0992. The molecule has 27 heavy (non-hydrogen) atoms. The molecule has 1 N–H and O–H groups in total. The molecular formula is C25H29NO. The van der Waals surface area contributed by atoms with E-state index in [2.05, 4.69) is 55.6 Å². The van der Waals surface area contributed by atoms with Crippen LogP contribution in [0.2, 0.25) is 0 Å². The number of hydrogen-bond donors (Lipinski definition) is 1. The average Bonchev–Trinajstić information content (AvgIpc) is 2.68. The molecular weight excluding hydrogens is 330 g/mol. The van der Waals surface area contributed by atoms with Gasteiger partial charge >= 0.3 is 0 Å². The van der Waals surface area contributed by atoms with Gasteiger partial charge < -0.3 is 5.32 Å². The summed E-state index contributed by atoms with van der Waals surface area (Å²) >= 11 is 0. The second-order valence-electron chi connectivity index (χ2n) is 7.45. The second-order valence-corrected chi connectivity index (χ2v) is 7.45. The molecule has 1 unspecified atom stereocenters. The lowest BCUT2D eigenvalue weighted by atomic mass is 9.93. The van der Waals surface area contributed by atoms with Gasteiger partial charge in [-0.2, -0.15) is 0 Å². The van der Waals surface area contributed by atoms with E-state index >= 15 is 0 Å². The Morgan fingerprint density at radius 1 is 1.00 bits per heavy atom. The molecule has 0 spiro atoms. The van der Waals surface area contributed by atoms with Crippen molar-refractivity contribution in [1.29, 1.82) is 0 Å². The first-order valence-electron chi connectivity index (χ1n) is 9.95. The molecule has 2 heteroatoms. The van der Waals surface area contributed by atoms with Crippen molar-refractivity contribution >= 4 is 22.4 Å². The molecule has 0 bridgehead atoms. The van der Waals surface area contributed by atoms with Crippen LogP contribution in [-0.4, -0.2) is 5.91 Å². The topological polar surface area (TPSA) is 29.1 Å². The molecule has 0 saturated carbocycles. The smallest absolute Gasteiger partial charge is 0.224 e. The fraction of sp³-hybridized carbons (Fsp3) is 0.320. The summed E-state index contributed by atoms with van der Waals surface area (Å²) in [4.78, 5) is 12.2. The fourth-order valence-corrected chi connectivity index (χ4v) is 3.50. The number of carbonyl (C=O) groups excluding carboxylic acids is 1. The Morgan fingerprint density at radius 2 is 1.74 bits per heavy atom. The molecule has 3 aromatic carbocycles. The number of anilines is 1. The third-order valence-corrected chi connectivity index (χ3v) is 5.37. The zero-order valence-electron chi connectivity index (χ0n) is 16.6. The first-order valence-corrected chi connectivity index (χ1v) is 9.95. The van der Waals surface area contributed by atoms with Gasteiger partial charge in [-0.15, -0.1) is 0 Å². The summed E-state index contributed by atoms with van der Waals surface area (Å²) in [7, 11) is 0. The van der Waals surface area contributed by atoms with E-state index in [9.17, 15) is 4.79 Å². The highest BCUT2D eigenvalue weighted by molar-refractivity contribution is 5.91. The van der Waals surface area contributed by atoms with Gasteiger partial charge in [0.2, 0.25) is 5.91 Å². The van der Waals surface area contributed by atoms with Crippen LogP contribution in [0.5, 0.6) is 0 Å². The number of carbonyl (C=O) groups is 1. The van der Waals surface area contributed by atoms with Crippen molar-refractivity contribution in [3.8, 4) is 0 Å². The van der Waals surface area contributed by atoms with E-state index in [1.807, 2.05) is 31.2 Å². The lowest BCUT2D eigenvalue weighted by molar-refractivity contribution is -0.116. The third kappa shape index (κ3) is 4.97. The van der Waals surface area contributed by atoms with Crippen molar-refractivity contribution in [2.45, 2.75) is 52.4 Å². The zero-order valence-corrected chi connectivity index (χ0v) is 16.6. The molecule has 140 valence electrons. The molecule has 2 nitrogen and oxygen atoms in total. The largest absolute Gasteiger partial charge is 0.326 e. The summed E-state index contributed by atoms with van der Waals surface area (Å²) in [5, 5.41) is 5.63. The van der Waals surface area contributed by atoms with Gasteiger partial charge in [-0.25, -0.2) is 0 Å². The summed E-state index contributed by atoms with van der Waals surface area (Å²) < 4.78 is 0. The Morgan fingerprint density at radius 3 is 2.52 bits per heavy atom. The van der Waals surface area contributed by atoms with Gasteiger partial charge in [0.25, 0.3) is 0 Å². The summed E-state index contributed by atoms with van der Waals surface area (Å²) in [6.07, 6.45) is 3.54. The van der Waals surface area contributed by atoms with E-state index in [4.69, 9.17) is 0 Å². The van der Waals surface area contributed by atoms with Crippen LogP contribution in [0.15, 0.2) is 60.7 Å². The molecule has 0 aromatic heterocycles. The molecule has 3 rings (SSSR count). The minimum absolute atomic E-state index is 0.0992. The van der Waals surface area contributed by atoms with Crippen molar-refractivity contribution in [3.63, 3.8) is 0 Å². The molecule has 1 atom stereocenters. The Balaban J connectivity index is 1.54. The molecule has 0 aliphatic carbocycles. The summed E-state index contributed by atoms with van der Waals surface area (Å²) in [5.41, 5.74) is 4.74. The van der Waals surface area contributed by atoms with Gasteiger partial charge in [0, 0.05) is 12.1 Å². The lowest BCUT2D eigenvalue weighted by Crippen LogP contribution is -2.12. The van der Waals surface area contributed by atoms with Crippen LogP contribution in [0.4, 0.5) is 5.69 Å². The molecule has 1 amide bonds. The number of hydrogen-bond acceptors (Lipinski definition) is 1. The zero-order chi connectivity index (χ0) is 19.2. The van der Waals surface area contributed by atoms with Crippen LogP contribution in [-0.2, 0) is 11.2 Å². The van der Waals surface area contributed by atoms with Crippen molar-refractivity contribution in [2.75, 3.05) is 5.32 Å². The summed E-state index contributed by atoms with van der Waals surface area (Å²) in [6.45, 7) is 6.45. The Labute approximate surface area is 162 Å². The van der Waals surface area contributed by atoms with Crippen molar-refractivity contribution < 1.29 is 4.79 Å². The lowest BCUT2D eigenvalue weighted by Gasteiger charge is -2.13. The number of para-hydroxylation sites is 1. The van der Waals surface area contributed by atoms with E-state index in [-0.39, 0.29) is 5.91 Å². The number of rotatable bonds is 7. The first kappa shape index (κ1) is 19.2. The van der Waals surface area contributed by atoms with Crippen LogP contribution in [0, 0.1) is 6.92 Å². The molecule has 0 aliphatic rings. The van der Waals surface area contributed by atoms with Crippen molar-refractivity contribution in [2.24, 2.45) is 0 Å². The van der Waals surface area contributed by atoms with Crippen LogP contribution in [0.1, 0.15) is 55.7 Å². The van der Waals surface area contributed by atoms with E-state index < -0.39 is 0 Å². The van der Waals surface area contributed by atoms with Gasteiger partial charge in [0.15, 0.2) is 0 Å². The predicted molar refractivity (Wildman–Crippen MR) is 115 cm³/mol. The Kier molecular flexibility index (Phi) is 6.28. The molecule has 0 fully saturated rings. The summed E-state index contributed by atoms with van der Waals surface area (Å²) in [6, 6.07) is 21.4. The Hall–Kier alpha value is -2.61. The van der Waals surface area contributed by atoms with Gasteiger partial charge in [-0.3, -0.25) is 4.79 Å². The van der Waals surface area contributed by atoms with Gasteiger partial charge in [-0.1, -0.05) is 68.4 Å². The summed E-state index contributed by atoms with van der Waals surface area (Å²) in [5.74, 6) is 0.550. The van der Waals surface area contributed by atoms with Crippen LogP contribution < -0.4 is 5.32 Å². The number of aryl methyl sites for hydroxylation is 2. The quantitative estimate of drug-likeness (QED) is 0.504. The minimum Gasteiger partial charge on any atom is -0.326 e.